The van der Waals surface area contributed by atoms with Gasteiger partial charge >= 0.3 is 5.97 Å². The van der Waals surface area contributed by atoms with E-state index in [1.54, 1.807) is 24.3 Å². The predicted molar refractivity (Wildman–Crippen MR) is 108 cm³/mol. The number of aromatic carboxylic acids is 1. The van der Waals surface area contributed by atoms with Crippen LogP contribution in [0.25, 0.3) is 11.1 Å². The van der Waals surface area contributed by atoms with Crippen LogP contribution in [0.4, 0.5) is 11.4 Å². The van der Waals surface area contributed by atoms with Crippen molar-refractivity contribution in [2.75, 3.05) is 12.4 Å². The summed E-state index contributed by atoms with van der Waals surface area (Å²) in [6.45, 7) is 0. The largest absolute Gasteiger partial charge is 0.504 e. The fourth-order valence-electron chi connectivity index (χ4n) is 3.09. The first kappa shape index (κ1) is 19.6. The summed E-state index contributed by atoms with van der Waals surface area (Å²) < 4.78 is 32.2. The number of hydrogen-bond acceptors (Lipinski definition) is 7. The molecule has 4 rings (SSSR count). The van der Waals surface area contributed by atoms with Crippen LogP contribution in [0.2, 0.25) is 0 Å². The Bertz CT molecular complexity index is 1300. The second kappa shape index (κ2) is 6.94. The van der Waals surface area contributed by atoms with Crippen LogP contribution >= 0.6 is 0 Å². The molecule has 0 aliphatic carbocycles. The first-order valence-corrected chi connectivity index (χ1v) is 10.1. The summed E-state index contributed by atoms with van der Waals surface area (Å²) in [7, 11) is -2.65. The molecule has 3 aromatic rings. The Morgan fingerprint density at radius 1 is 0.967 bits per heavy atom. The first-order chi connectivity index (χ1) is 14.2. The van der Waals surface area contributed by atoms with Crippen LogP contribution < -0.4 is 14.8 Å². The minimum Gasteiger partial charge on any atom is -0.504 e. The third-order valence-corrected chi connectivity index (χ3v) is 6.05. The van der Waals surface area contributed by atoms with E-state index in [4.69, 9.17) is 4.74 Å². The molecule has 0 fully saturated rings. The monoisotopic (exact) mass is 428 g/mol. The van der Waals surface area contributed by atoms with Crippen molar-refractivity contribution in [1.82, 2.24) is 4.72 Å². The summed E-state index contributed by atoms with van der Waals surface area (Å²) in [6.07, 6.45) is 0. The number of anilines is 2. The van der Waals surface area contributed by atoms with Crippen molar-refractivity contribution in [3.8, 4) is 34.1 Å². The van der Waals surface area contributed by atoms with Crippen molar-refractivity contribution in [1.29, 1.82) is 0 Å². The number of carboxylic acids is 1. The number of fused-ring (bicyclic) bond motifs is 2. The zero-order chi connectivity index (χ0) is 21.6. The summed E-state index contributed by atoms with van der Waals surface area (Å²) in [5, 5.41) is 31.8. The minimum absolute atomic E-state index is 0.0613. The maximum absolute atomic E-state index is 12.1. The number of aromatic hydroxyl groups is 2. The van der Waals surface area contributed by atoms with Crippen molar-refractivity contribution in [2.45, 2.75) is 4.90 Å². The van der Waals surface area contributed by atoms with Crippen molar-refractivity contribution >= 4 is 27.4 Å². The number of phenols is 2. The van der Waals surface area contributed by atoms with E-state index in [-0.39, 0.29) is 33.4 Å². The quantitative estimate of drug-likeness (QED) is 0.312. The van der Waals surface area contributed by atoms with Crippen molar-refractivity contribution in [3.05, 3.63) is 54.1 Å². The Morgan fingerprint density at radius 2 is 1.67 bits per heavy atom. The third kappa shape index (κ3) is 3.27. The van der Waals surface area contributed by atoms with Gasteiger partial charge in [0.25, 0.3) is 0 Å². The Balaban J connectivity index is 1.80. The molecule has 1 heterocycles. The van der Waals surface area contributed by atoms with Crippen molar-refractivity contribution in [3.63, 3.8) is 0 Å². The molecule has 1 aliphatic heterocycles. The molecule has 30 heavy (non-hydrogen) atoms. The third-order valence-electron chi connectivity index (χ3n) is 4.65. The zero-order valence-corrected chi connectivity index (χ0v) is 16.3. The van der Waals surface area contributed by atoms with Gasteiger partial charge in [-0.25, -0.2) is 17.9 Å². The minimum atomic E-state index is -3.88. The molecule has 0 unspecified atom stereocenters. The van der Waals surface area contributed by atoms with Crippen LogP contribution in [0.15, 0.2) is 53.4 Å². The molecule has 0 atom stereocenters. The molecule has 0 saturated heterocycles. The average molecular weight is 428 g/mol. The lowest BCUT2D eigenvalue weighted by Crippen LogP contribution is -2.20. The van der Waals surface area contributed by atoms with Gasteiger partial charge in [0.2, 0.25) is 10.0 Å². The molecule has 0 radical (unpaired) electrons. The highest BCUT2D eigenvalue weighted by atomic mass is 32.2. The van der Waals surface area contributed by atoms with E-state index >= 15 is 0 Å². The number of hydrogen-bond donors (Lipinski definition) is 5. The number of phenolic OH excluding ortho intramolecular Hbond substituents is 2. The molecule has 3 aromatic carbocycles. The van der Waals surface area contributed by atoms with Crippen LogP contribution in [0.5, 0.6) is 23.0 Å². The van der Waals surface area contributed by atoms with Gasteiger partial charge in [-0.05, 0) is 48.5 Å². The molecule has 0 spiro atoms. The molecular formula is C20H16N2O7S. The Kier molecular flexibility index (Phi) is 4.52. The fraction of sp³-hybridized carbons (Fsp3) is 0.0500. The SMILES string of the molecule is CNS(=O)(=O)c1cc2c(c(C(=O)O)c1)Nc1cc(-c3ccc(O)c(O)c3)ccc1O2. The Hall–Kier alpha value is -3.76. The second-order valence-electron chi connectivity index (χ2n) is 6.50. The van der Waals surface area contributed by atoms with Crippen LogP contribution in [0.1, 0.15) is 10.4 Å². The number of nitrogens with one attached hydrogen (secondary N) is 2. The van der Waals surface area contributed by atoms with E-state index in [0.717, 1.165) is 6.07 Å². The second-order valence-corrected chi connectivity index (χ2v) is 8.38. The number of carboxylic acid groups (broad SMARTS) is 1. The van der Waals surface area contributed by atoms with Gasteiger partial charge in [0.1, 0.15) is 0 Å². The van der Waals surface area contributed by atoms with Gasteiger partial charge < -0.3 is 25.4 Å². The lowest BCUT2D eigenvalue weighted by molar-refractivity contribution is 0.0697. The van der Waals surface area contributed by atoms with E-state index in [9.17, 15) is 28.5 Å². The summed E-state index contributed by atoms with van der Waals surface area (Å²) >= 11 is 0. The van der Waals surface area contributed by atoms with Gasteiger partial charge in [-0.3, -0.25) is 0 Å². The zero-order valence-electron chi connectivity index (χ0n) is 15.5. The standard InChI is InChI=1S/C20H16N2O7S/c1-21-30(27,28)12-8-13(20(25)26)19-18(9-12)29-17-5-3-10(6-14(17)22-19)11-2-4-15(23)16(24)7-11/h2-9,21-24H,1H3,(H,25,26). The summed E-state index contributed by atoms with van der Waals surface area (Å²) in [6, 6.07) is 11.7. The van der Waals surface area contributed by atoms with Gasteiger partial charge in [0, 0.05) is 6.07 Å². The van der Waals surface area contributed by atoms with E-state index in [2.05, 4.69) is 10.0 Å². The lowest BCUT2D eigenvalue weighted by Gasteiger charge is -2.24. The van der Waals surface area contributed by atoms with Gasteiger partial charge in [-0.2, -0.15) is 0 Å². The van der Waals surface area contributed by atoms with E-state index in [1.165, 1.54) is 25.2 Å². The molecule has 0 amide bonds. The molecule has 0 aromatic heterocycles. The molecular weight excluding hydrogens is 412 g/mol. The highest BCUT2D eigenvalue weighted by Crippen LogP contribution is 2.46. The molecule has 10 heteroatoms. The lowest BCUT2D eigenvalue weighted by atomic mass is 10.0. The van der Waals surface area contributed by atoms with E-state index in [1.807, 2.05) is 0 Å². The van der Waals surface area contributed by atoms with Gasteiger partial charge in [0.05, 0.1) is 21.8 Å². The Morgan fingerprint density at radius 3 is 2.33 bits per heavy atom. The highest BCUT2D eigenvalue weighted by Gasteiger charge is 2.27. The van der Waals surface area contributed by atoms with Gasteiger partial charge in [-0.1, -0.05) is 12.1 Å². The molecule has 0 saturated carbocycles. The van der Waals surface area contributed by atoms with Crippen LogP contribution in [0.3, 0.4) is 0 Å². The Labute approximate surface area is 171 Å². The summed E-state index contributed by atoms with van der Waals surface area (Å²) in [4.78, 5) is 11.5. The van der Waals surface area contributed by atoms with Gasteiger partial charge in [0.15, 0.2) is 23.0 Å². The maximum Gasteiger partial charge on any atom is 0.338 e. The predicted octanol–water partition coefficient (Wildman–Crippen LogP) is 3.22. The van der Waals surface area contributed by atoms with Crippen LogP contribution in [-0.4, -0.2) is 36.8 Å². The summed E-state index contributed by atoms with van der Waals surface area (Å²) in [5.41, 5.74) is 1.61. The molecule has 9 nitrogen and oxygen atoms in total. The first-order valence-electron chi connectivity index (χ1n) is 8.66. The maximum atomic E-state index is 12.1. The van der Waals surface area contributed by atoms with Crippen molar-refractivity contribution < 1.29 is 33.3 Å². The normalized spacial score (nSPS) is 12.3. The molecule has 5 N–H and O–H groups in total. The number of ether oxygens (including phenoxy) is 1. The number of sulfonamides is 1. The average Bonchev–Trinajstić information content (AvgIpc) is 2.72. The number of benzene rings is 3. The fourth-order valence-corrected chi connectivity index (χ4v) is 3.86. The van der Waals surface area contributed by atoms with Crippen molar-refractivity contribution in [2.24, 2.45) is 0 Å². The molecule has 0 bridgehead atoms. The smallest absolute Gasteiger partial charge is 0.338 e. The van der Waals surface area contributed by atoms with Gasteiger partial charge in [-0.15, -0.1) is 0 Å². The summed E-state index contributed by atoms with van der Waals surface area (Å²) in [5.74, 6) is -1.41. The van der Waals surface area contributed by atoms with E-state index in [0.29, 0.717) is 22.6 Å². The number of rotatable bonds is 4. The highest BCUT2D eigenvalue weighted by molar-refractivity contribution is 7.89. The van der Waals surface area contributed by atoms with Crippen LogP contribution in [-0.2, 0) is 10.0 Å². The molecule has 1 aliphatic rings. The molecule has 154 valence electrons. The number of carbonyl (C=O) groups is 1. The topological polar surface area (TPSA) is 145 Å². The van der Waals surface area contributed by atoms with Crippen LogP contribution in [0, 0.1) is 0 Å². The van der Waals surface area contributed by atoms with E-state index < -0.39 is 16.0 Å².